The van der Waals surface area contributed by atoms with Crippen molar-refractivity contribution in [2.45, 2.75) is 32.2 Å². The van der Waals surface area contributed by atoms with Crippen molar-refractivity contribution in [2.24, 2.45) is 5.92 Å². The van der Waals surface area contributed by atoms with Crippen LogP contribution in [0, 0.1) is 5.92 Å². The van der Waals surface area contributed by atoms with Crippen LogP contribution in [0.3, 0.4) is 0 Å². The first-order chi connectivity index (χ1) is 8.68. The molecule has 18 heavy (non-hydrogen) atoms. The monoisotopic (exact) mass is 283 g/mol. The van der Waals surface area contributed by atoms with E-state index in [9.17, 15) is 0 Å². The number of hydrogen-bond donors (Lipinski definition) is 1. The zero-order valence-electron chi connectivity index (χ0n) is 10.6. The molecule has 1 aromatic rings. The first-order valence-corrected chi connectivity index (χ1v) is 7.26. The van der Waals surface area contributed by atoms with Crippen molar-refractivity contribution in [3.63, 3.8) is 0 Å². The predicted molar refractivity (Wildman–Crippen MR) is 79.4 cm³/mol. The van der Waals surface area contributed by atoms with Crippen LogP contribution in [0.1, 0.15) is 37.8 Å². The first-order valence-electron chi connectivity index (χ1n) is 6.50. The van der Waals surface area contributed by atoms with E-state index in [0.29, 0.717) is 10.0 Å². The summed E-state index contributed by atoms with van der Waals surface area (Å²) in [6.07, 6.45) is 8.22. The lowest BCUT2D eigenvalue weighted by atomic mass is 9.94. The third kappa shape index (κ3) is 3.50. The van der Waals surface area contributed by atoms with Crippen molar-refractivity contribution in [1.82, 2.24) is 5.32 Å². The number of nitrogens with one attached hydrogen (secondary N) is 1. The predicted octanol–water partition coefficient (Wildman–Crippen LogP) is 5.00. The normalized spacial score (nSPS) is 20.9. The Bertz CT molecular complexity index is 429. The van der Waals surface area contributed by atoms with Gasteiger partial charge < -0.3 is 5.32 Å². The highest BCUT2D eigenvalue weighted by molar-refractivity contribution is 6.42. The lowest BCUT2D eigenvalue weighted by molar-refractivity contribution is 0.415. The second-order valence-corrected chi connectivity index (χ2v) is 5.71. The van der Waals surface area contributed by atoms with Gasteiger partial charge in [-0.2, -0.15) is 0 Å². The van der Waals surface area contributed by atoms with Crippen LogP contribution >= 0.6 is 23.2 Å². The molecule has 98 valence electrons. The molecule has 2 unspecified atom stereocenters. The number of hydrogen-bond acceptors (Lipinski definition) is 1. The van der Waals surface area contributed by atoms with E-state index in [0.717, 1.165) is 18.0 Å². The van der Waals surface area contributed by atoms with Crippen molar-refractivity contribution < 1.29 is 0 Å². The SMILES string of the molecule is CC(NCC1CC=CCC1)c1cccc(Cl)c1Cl. The van der Waals surface area contributed by atoms with E-state index < -0.39 is 0 Å². The summed E-state index contributed by atoms with van der Waals surface area (Å²) in [5.41, 5.74) is 1.08. The van der Waals surface area contributed by atoms with Crippen LogP contribution in [0.4, 0.5) is 0 Å². The molecule has 0 heterocycles. The molecule has 0 saturated carbocycles. The summed E-state index contributed by atoms with van der Waals surface area (Å²) in [5.74, 6) is 0.746. The summed E-state index contributed by atoms with van der Waals surface area (Å²) in [6.45, 7) is 3.17. The molecule has 1 aromatic carbocycles. The molecule has 0 aliphatic heterocycles. The number of halogens is 2. The lowest BCUT2D eigenvalue weighted by Crippen LogP contribution is -2.26. The second kappa shape index (κ2) is 6.60. The van der Waals surface area contributed by atoms with Crippen molar-refractivity contribution >= 4 is 23.2 Å². The summed E-state index contributed by atoms with van der Waals surface area (Å²) >= 11 is 12.3. The van der Waals surface area contributed by atoms with E-state index in [1.54, 1.807) is 0 Å². The summed E-state index contributed by atoms with van der Waals surface area (Å²) in [4.78, 5) is 0. The maximum absolute atomic E-state index is 6.23. The Morgan fingerprint density at radius 3 is 2.89 bits per heavy atom. The summed E-state index contributed by atoms with van der Waals surface area (Å²) in [7, 11) is 0. The highest BCUT2D eigenvalue weighted by Crippen LogP contribution is 2.30. The molecule has 1 N–H and O–H groups in total. The molecular formula is C15H19Cl2N. The van der Waals surface area contributed by atoms with E-state index in [-0.39, 0.29) is 6.04 Å². The van der Waals surface area contributed by atoms with Gasteiger partial charge in [-0.25, -0.2) is 0 Å². The van der Waals surface area contributed by atoms with Crippen LogP contribution in [-0.2, 0) is 0 Å². The molecule has 1 nitrogen and oxygen atoms in total. The Morgan fingerprint density at radius 1 is 1.33 bits per heavy atom. The Morgan fingerprint density at radius 2 is 2.17 bits per heavy atom. The van der Waals surface area contributed by atoms with Gasteiger partial charge >= 0.3 is 0 Å². The van der Waals surface area contributed by atoms with Gasteiger partial charge in [0.1, 0.15) is 0 Å². The van der Waals surface area contributed by atoms with Gasteiger partial charge in [-0.15, -0.1) is 0 Å². The molecule has 2 rings (SSSR count). The Labute approximate surface area is 119 Å². The van der Waals surface area contributed by atoms with Gasteiger partial charge in [-0.05, 0) is 50.3 Å². The highest BCUT2D eigenvalue weighted by atomic mass is 35.5. The molecule has 0 fully saturated rings. The molecule has 0 radical (unpaired) electrons. The molecule has 3 heteroatoms. The summed E-state index contributed by atoms with van der Waals surface area (Å²) < 4.78 is 0. The molecule has 0 aromatic heterocycles. The minimum absolute atomic E-state index is 0.238. The summed E-state index contributed by atoms with van der Waals surface area (Å²) in [6, 6.07) is 6.05. The molecule has 1 aliphatic carbocycles. The maximum atomic E-state index is 6.23. The zero-order chi connectivity index (χ0) is 13.0. The fraction of sp³-hybridized carbons (Fsp3) is 0.467. The number of benzene rings is 1. The molecule has 0 bridgehead atoms. The van der Waals surface area contributed by atoms with Crippen molar-refractivity contribution in [2.75, 3.05) is 6.54 Å². The zero-order valence-corrected chi connectivity index (χ0v) is 12.1. The van der Waals surface area contributed by atoms with Gasteiger partial charge in [0.15, 0.2) is 0 Å². The standard InChI is InChI=1S/C15H19Cl2N/c1-11(13-8-5-9-14(16)15(13)17)18-10-12-6-3-2-4-7-12/h2-3,5,8-9,11-12,18H,4,6-7,10H2,1H3. The van der Waals surface area contributed by atoms with E-state index in [1.807, 2.05) is 18.2 Å². The van der Waals surface area contributed by atoms with Crippen molar-refractivity contribution in [3.8, 4) is 0 Å². The van der Waals surface area contributed by atoms with Gasteiger partial charge in [-0.3, -0.25) is 0 Å². The molecule has 0 saturated heterocycles. The van der Waals surface area contributed by atoms with E-state index in [2.05, 4.69) is 24.4 Å². The Hall–Kier alpha value is -0.500. The van der Waals surface area contributed by atoms with Gasteiger partial charge in [0, 0.05) is 6.04 Å². The topological polar surface area (TPSA) is 12.0 Å². The Kier molecular flexibility index (Phi) is 5.11. The van der Waals surface area contributed by atoms with Crippen molar-refractivity contribution in [3.05, 3.63) is 46.0 Å². The molecule has 0 spiro atoms. The third-order valence-electron chi connectivity index (χ3n) is 3.54. The van der Waals surface area contributed by atoms with Gasteiger partial charge in [0.2, 0.25) is 0 Å². The molecule has 0 amide bonds. The van der Waals surface area contributed by atoms with Gasteiger partial charge in [0.25, 0.3) is 0 Å². The fourth-order valence-corrected chi connectivity index (χ4v) is 2.82. The molecule has 2 atom stereocenters. The first kappa shape index (κ1) is 13.9. The summed E-state index contributed by atoms with van der Waals surface area (Å²) in [5, 5.41) is 4.86. The van der Waals surface area contributed by atoms with Crippen LogP contribution in [0.5, 0.6) is 0 Å². The van der Waals surface area contributed by atoms with Crippen LogP contribution in [-0.4, -0.2) is 6.54 Å². The largest absolute Gasteiger partial charge is 0.310 e. The Balaban J connectivity index is 1.93. The smallest absolute Gasteiger partial charge is 0.0639 e. The number of allylic oxidation sites excluding steroid dienone is 2. The maximum Gasteiger partial charge on any atom is 0.0639 e. The van der Waals surface area contributed by atoms with Crippen LogP contribution in [0.15, 0.2) is 30.4 Å². The molecular weight excluding hydrogens is 265 g/mol. The average Bonchev–Trinajstić information content (AvgIpc) is 2.40. The van der Waals surface area contributed by atoms with Crippen LogP contribution in [0.25, 0.3) is 0 Å². The van der Waals surface area contributed by atoms with E-state index in [1.165, 1.54) is 19.3 Å². The lowest BCUT2D eigenvalue weighted by Gasteiger charge is -2.22. The third-order valence-corrected chi connectivity index (χ3v) is 4.37. The highest BCUT2D eigenvalue weighted by Gasteiger charge is 2.14. The van der Waals surface area contributed by atoms with E-state index in [4.69, 9.17) is 23.2 Å². The average molecular weight is 284 g/mol. The van der Waals surface area contributed by atoms with Crippen LogP contribution in [0.2, 0.25) is 10.0 Å². The molecule has 1 aliphatic rings. The quantitative estimate of drug-likeness (QED) is 0.767. The minimum atomic E-state index is 0.238. The number of rotatable bonds is 4. The van der Waals surface area contributed by atoms with E-state index >= 15 is 0 Å². The fourth-order valence-electron chi connectivity index (χ4n) is 2.35. The van der Waals surface area contributed by atoms with Gasteiger partial charge in [-0.1, -0.05) is 47.5 Å². The van der Waals surface area contributed by atoms with Crippen LogP contribution < -0.4 is 5.32 Å². The van der Waals surface area contributed by atoms with Crippen molar-refractivity contribution in [1.29, 1.82) is 0 Å². The minimum Gasteiger partial charge on any atom is -0.310 e. The second-order valence-electron chi connectivity index (χ2n) is 4.92. The van der Waals surface area contributed by atoms with Gasteiger partial charge in [0.05, 0.1) is 10.0 Å².